The highest BCUT2D eigenvalue weighted by atomic mass is 35.5. The van der Waals surface area contributed by atoms with E-state index in [1.807, 2.05) is 42.8 Å². The molecule has 1 aliphatic rings. The summed E-state index contributed by atoms with van der Waals surface area (Å²) in [6.07, 6.45) is 2.13. The number of rotatable bonds is 4. The van der Waals surface area contributed by atoms with Crippen molar-refractivity contribution in [2.75, 3.05) is 19.6 Å². The molecule has 5 nitrogen and oxygen atoms in total. The molecule has 1 aliphatic heterocycles. The Balaban J connectivity index is 0.00000208. The minimum absolute atomic E-state index is 0. The number of nitrogens with one attached hydrogen (secondary N) is 2. The summed E-state index contributed by atoms with van der Waals surface area (Å²) in [7, 11) is -1.63. The van der Waals surface area contributed by atoms with Gasteiger partial charge in [-0.15, -0.1) is 12.4 Å². The zero-order valence-corrected chi connectivity index (χ0v) is 16.1. The quantitative estimate of drug-likeness (QED) is 0.868. The van der Waals surface area contributed by atoms with E-state index >= 15 is 0 Å². The average Bonchev–Trinajstić information content (AvgIpc) is 2.79. The van der Waals surface area contributed by atoms with Gasteiger partial charge in [-0.05, 0) is 37.8 Å². The Morgan fingerprint density at radius 2 is 2.04 bits per heavy atom. The van der Waals surface area contributed by atoms with E-state index in [9.17, 15) is 8.42 Å². The molecular formula is C17H26ClN3O2S. The first-order chi connectivity index (χ1) is 10.8. The first-order valence-corrected chi connectivity index (χ1v) is 9.57. The van der Waals surface area contributed by atoms with E-state index in [2.05, 4.69) is 17.0 Å². The van der Waals surface area contributed by atoms with Crippen molar-refractivity contribution in [2.45, 2.75) is 31.6 Å². The molecule has 2 heterocycles. The van der Waals surface area contributed by atoms with Gasteiger partial charge in [-0.3, -0.25) is 0 Å². The SMILES string of the molecule is Cc1c(S(=O)(=O)NCC2(C)CCCNC2)c2ccccc2n1C.Cl. The molecule has 1 aromatic carbocycles. The van der Waals surface area contributed by atoms with Crippen LogP contribution in [0.15, 0.2) is 29.2 Å². The van der Waals surface area contributed by atoms with Crippen LogP contribution < -0.4 is 10.0 Å². The van der Waals surface area contributed by atoms with Crippen LogP contribution in [0.3, 0.4) is 0 Å². The van der Waals surface area contributed by atoms with E-state index in [1.54, 1.807) is 0 Å². The molecule has 1 fully saturated rings. The molecule has 134 valence electrons. The molecule has 1 atom stereocenters. The molecule has 3 rings (SSSR count). The maximum absolute atomic E-state index is 12.9. The van der Waals surface area contributed by atoms with Crippen molar-refractivity contribution in [3.8, 4) is 0 Å². The minimum Gasteiger partial charge on any atom is -0.347 e. The Morgan fingerprint density at radius 3 is 2.71 bits per heavy atom. The van der Waals surface area contributed by atoms with E-state index in [0.717, 1.165) is 42.5 Å². The Bertz CT molecular complexity index is 824. The number of aryl methyl sites for hydroxylation is 1. The zero-order valence-electron chi connectivity index (χ0n) is 14.4. The van der Waals surface area contributed by atoms with E-state index in [-0.39, 0.29) is 17.8 Å². The maximum Gasteiger partial charge on any atom is 0.242 e. The summed E-state index contributed by atoms with van der Waals surface area (Å²) in [5, 5.41) is 4.14. The van der Waals surface area contributed by atoms with Crippen LogP contribution >= 0.6 is 12.4 Å². The number of sulfonamides is 1. The fourth-order valence-electron chi connectivity index (χ4n) is 3.44. The Labute approximate surface area is 150 Å². The van der Waals surface area contributed by atoms with E-state index in [0.29, 0.717) is 11.4 Å². The van der Waals surface area contributed by atoms with E-state index < -0.39 is 10.0 Å². The molecule has 0 radical (unpaired) electrons. The van der Waals surface area contributed by atoms with Crippen molar-refractivity contribution in [2.24, 2.45) is 12.5 Å². The van der Waals surface area contributed by atoms with Gasteiger partial charge in [-0.1, -0.05) is 25.1 Å². The lowest BCUT2D eigenvalue weighted by Gasteiger charge is -2.34. The molecule has 1 aromatic heterocycles. The molecule has 1 saturated heterocycles. The van der Waals surface area contributed by atoms with Crippen LogP contribution in [-0.2, 0) is 17.1 Å². The van der Waals surface area contributed by atoms with Crippen LogP contribution in [0.4, 0.5) is 0 Å². The van der Waals surface area contributed by atoms with Gasteiger partial charge in [-0.2, -0.15) is 0 Å². The lowest BCUT2D eigenvalue weighted by Crippen LogP contribution is -2.45. The summed E-state index contributed by atoms with van der Waals surface area (Å²) in [4.78, 5) is 0.406. The number of halogens is 1. The number of nitrogens with zero attached hydrogens (tertiary/aromatic N) is 1. The first kappa shape index (κ1) is 19.2. The van der Waals surface area contributed by atoms with Crippen LogP contribution in [-0.4, -0.2) is 32.6 Å². The standard InChI is InChI=1S/C17H25N3O2S.ClH/c1-13-16(14-7-4-5-8-15(14)20(13)3)23(21,22)19-12-17(2)9-6-10-18-11-17;/h4-5,7-8,18-19H,6,9-12H2,1-3H3;1H. The number of hydrogen-bond acceptors (Lipinski definition) is 3. The fraction of sp³-hybridized carbons (Fsp3) is 0.529. The smallest absolute Gasteiger partial charge is 0.242 e. The molecule has 0 bridgehead atoms. The lowest BCUT2D eigenvalue weighted by atomic mass is 9.83. The van der Waals surface area contributed by atoms with Gasteiger partial charge in [0, 0.05) is 36.7 Å². The first-order valence-electron chi connectivity index (χ1n) is 8.08. The minimum atomic E-state index is -3.53. The van der Waals surface area contributed by atoms with Gasteiger partial charge in [0.1, 0.15) is 4.90 Å². The van der Waals surface area contributed by atoms with Crippen molar-refractivity contribution in [3.63, 3.8) is 0 Å². The van der Waals surface area contributed by atoms with Crippen LogP contribution in [0.25, 0.3) is 10.9 Å². The largest absolute Gasteiger partial charge is 0.347 e. The summed E-state index contributed by atoms with van der Waals surface area (Å²) in [6.45, 7) is 6.33. The molecule has 0 amide bonds. The average molecular weight is 372 g/mol. The Hall–Kier alpha value is -1.08. The maximum atomic E-state index is 12.9. The third-order valence-electron chi connectivity index (χ3n) is 4.99. The van der Waals surface area contributed by atoms with Gasteiger partial charge in [0.05, 0.1) is 0 Å². The number of aromatic nitrogens is 1. The molecule has 1 unspecified atom stereocenters. The molecular weight excluding hydrogens is 346 g/mol. The third kappa shape index (κ3) is 3.47. The van der Waals surface area contributed by atoms with Gasteiger partial charge < -0.3 is 9.88 Å². The third-order valence-corrected chi connectivity index (χ3v) is 6.56. The summed E-state index contributed by atoms with van der Waals surface area (Å²) in [5.41, 5.74) is 1.69. The second-order valence-corrected chi connectivity index (χ2v) is 8.61. The summed E-state index contributed by atoms with van der Waals surface area (Å²) < 4.78 is 30.6. The summed E-state index contributed by atoms with van der Waals surface area (Å²) in [6, 6.07) is 7.64. The number of para-hydroxylation sites is 1. The zero-order chi connectivity index (χ0) is 16.7. The van der Waals surface area contributed by atoms with E-state index in [1.165, 1.54) is 0 Å². The molecule has 7 heteroatoms. The predicted molar refractivity (Wildman–Crippen MR) is 100 cm³/mol. The molecule has 0 aliphatic carbocycles. The van der Waals surface area contributed by atoms with E-state index in [4.69, 9.17) is 0 Å². The van der Waals surface area contributed by atoms with Gasteiger partial charge in [0.25, 0.3) is 0 Å². The van der Waals surface area contributed by atoms with Crippen LogP contribution in [0, 0.1) is 12.3 Å². The predicted octanol–water partition coefficient (Wildman–Crippen LogP) is 2.58. The van der Waals surface area contributed by atoms with Crippen molar-refractivity contribution in [1.82, 2.24) is 14.6 Å². The molecule has 2 N–H and O–H groups in total. The second-order valence-electron chi connectivity index (χ2n) is 6.91. The molecule has 0 spiro atoms. The van der Waals surface area contributed by atoms with Crippen molar-refractivity contribution in [1.29, 1.82) is 0 Å². The highest BCUT2D eigenvalue weighted by molar-refractivity contribution is 7.89. The highest BCUT2D eigenvalue weighted by Crippen LogP contribution is 2.30. The Kier molecular flexibility index (Phi) is 5.64. The number of piperidine rings is 1. The highest BCUT2D eigenvalue weighted by Gasteiger charge is 2.30. The number of hydrogen-bond donors (Lipinski definition) is 2. The molecule has 0 saturated carbocycles. The Morgan fingerprint density at radius 1 is 1.33 bits per heavy atom. The van der Waals surface area contributed by atoms with Crippen LogP contribution in [0.1, 0.15) is 25.5 Å². The molecule has 24 heavy (non-hydrogen) atoms. The lowest BCUT2D eigenvalue weighted by molar-refractivity contribution is 0.238. The van der Waals surface area contributed by atoms with Crippen molar-refractivity contribution < 1.29 is 8.42 Å². The number of fused-ring (bicyclic) bond motifs is 1. The fourth-order valence-corrected chi connectivity index (χ4v) is 5.11. The second kappa shape index (κ2) is 7.04. The summed E-state index contributed by atoms with van der Waals surface area (Å²) >= 11 is 0. The van der Waals surface area contributed by atoms with Gasteiger partial charge in [0.2, 0.25) is 10.0 Å². The number of benzene rings is 1. The van der Waals surface area contributed by atoms with Gasteiger partial charge in [-0.25, -0.2) is 13.1 Å². The summed E-state index contributed by atoms with van der Waals surface area (Å²) in [5.74, 6) is 0. The van der Waals surface area contributed by atoms with Gasteiger partial charge in [0.15, 0.2) is 0 Å². The molecule has 2 aromatic rings. The van der Waals surface area contributed by atoms with Crippen LogP contribution in [0.5, 0.6) is 0 Å². The van der Waals surface area contributed by atoms with Crippen LogP contribution in [0.2, 0.25) is 0 Å². The monoisotopic (exact) mass is 371 g/mol. The van der Waals surface area contributed by atoms with Gasteiger partial charge >= 0.3 is 0 Å². The van der Waals surface area contributed by atoms with Crippen molar-refractivity contribution in [3.05, 3.63) is 30.0 Å². The normalized spacial score (nSPS) is 21.6. The van der Waals surface area contributed by atoms with Crippen molar-refractivity contribution >= 4 is 33.3 Å². The topological polar surface area (TPSA) is 63.1 Å².